The van der Waals surface area contributed by atoms with Gasteiger partial charge in [-0.1, -0.05) is 29.8 Å². The van der Waals surface area contributed by atoms with Crippen molar-refractivity contribution in [3.05, 3.63) is 75.6 Å². The molecule has 194 valence electrons. The number of hydrogen-bond acceptors (Lipinski definition) is 8. The van der Waals surface area contributed by atoms with E-state index < -0.39 is 39.3 Å². The maximum Gasteiger partial charge on any atom is 0.215 e. The first kappa shape index (κ1) is 26.0. The molecule has 12 heteroatoms. The summed E-state index contributed by atoms with van der Waals surface area (Å²) in [6, 6.07) is 9.51. The molecule has 1 fully saturated rings. The van der Waals surface area contributed by atoms with Crippen LogP contribution in [0.4, 0.5) is 10.2 Å². The highest BCUT2D eigenvalue weighted by Crippen LogP contribution is 2.42. The molecule has 1 unspecified atom stereocenters. The molecule has 2 atom stereocenters. The maximum absolute atomic E-state index is 15.2. The van der Waals surface area contributed by atoms with E-state index in [1.807, 2.05) is 18.2 Å². The van der Waals surface area contributed by atoms with Gasteiger partial charge in [0.2, 0.25) is 10.0 Å². The van der Waals surface area contributed by atoms with Gasteiger partial charge in [-0.15, -0.1) is 11.3 Å². The summed E-state index contributed by atoms with van der Waals surface area (Å²) in [5.41, 5.74) is 5.94. The third kappa shape index (κ3) is 4.95. The molecule has 37 heavy (non-hydrogen) atoms. The van der Waals surface area contributed by atoms with Crippen LogP contribution in [0.2, 0.25) is 5.02 Å². The number of rotatable bonds is 8. The van der Waals surface area contributed by atoms with E-state index in [0.29, 0.717) is 29.0 Å². The fraction of sp³-hybridized carbons (Fsp3) is 0.280. The van der Waals surface area contributed by atoms with Crippen LogP contribution in [0.15, 0.2) is 48.8 Å². The third-order valence-corrected chi connectivity index (χ3v) is 9.85. The Morgan fingerprint density at radius 3 is 2.76 bits per heavy atom. The van der Waals surface area contributed by atoms with Crippen molar-refractivity contribution in [1.29, 1.82) is 0 Å². The van der Waals surface area contributed by atoms with E-state index >= 15 is 4.39 Å². The van der Waals surface area contributed by atoms with Crippen LogP contribution in [-0.4, -0.2) is 40.5 Å². The number of nitrogens with two attached hydrogens (primary N) is 1. The highest BCUT2D eigenvalue weighted by molar-refractivity contribution is 7.90. The zero-order valence-electron chi connectivity index (χ0n) is 19.6. The van der Waals surface area contributed by atoms with Crippen molar-refractivity contribution in [2.24, 2.45) is 0 Å². The maximum atomic E-state index is 15.2. The topological polar surface area (TPSA) is 138 Å². The molecule has 0 saturated heterocycles. The average Bonchev–Trinajstić information content (AvgIpc) is 3.65. The van der Waals surface area contributed by atoms with Crippen LogP contribution in [0.1, 0.15) is 41.8 Å². The number of aliphatic hydroxyl groups is 2. The second-order valence-electron chi connectivity index (χ2n) is 9.25. The molecule has 1 aromatic carbocycles. The van der Waals surface area contributed by atoms with Gasteiger partial charge in [-0.05, 0) is 48.9 Å². The fourth-order valence-corrected chi connectivity index (χ4v) is 7.17. The number of sulfonamides is 1. The second-order valence-corrected chi connectivity index (χ2v) is 12.7. The molecule has 0 aliphatic heterocycles. The smallest absolute Gasteiger partial charge is 0.215 e. The highest BCUT2D eigenvalue weighted by atomic mass is 35.5. The molecular formula is C25H24ClFN4O4S2. The Bertz CT molecular complexity index is 1610. The average molecular weight is 563 g/mol. The van der Waals surface area contributed by atoms with E-state index in [1.165, 1.54) is 24.5 Å². The molecule has 0 amide bonds. The van der Waals surface area contributed by atoms with Crippen molar-refractivity contribution in [3.63, 3.8) is 0 Å². The van der Waals surface area contributed by atoms with Crippen LogP contribution < -0.4 is 10.5 Å². The highest BCUT2D eigenvalue weighted by Gasteiger charge is 2.39. The molecule has 1 aliphatic rings. The molecule has 8 nitrogen and oxygen atoms in total. The fourth-order valence-electron chi connectivity index (χ4n) is 4.09. The van der Waals surface area contributed by atoms with Gasteiger partial charge in [0.25, 0.3) is 0 Å². The first-order chi connectivity index (χ1) is 17.5. The number of halogens is 2. The Labute approximate surface area is 222 Å². The lowest BCUT2D eigenvalue weighted by Crippen LogP contribution is -2.32. The quantitative estimate of drug-likeness (QED) is 0.253. The van der Waals surface area contributed by atoms with Gasteiger partial charge in [-0.25, -0.2) is 22.5 Å². The Balaban J connectivity index is 1.67. The Hall–Kier alpha value is -2.67. The van der Waals surface area contributed by atoms with Crippen LogP contribution in [0, 0.1) is 5.82 Å². The molecule has 0 radical (unpaired) electrons. The van der Waals surface area contributed by atoms with Crippen LogP contribution in [0.3, 0.4) is 0 Å². The van der Waals surface area contributed by atoms with Crippen molar-refractivity contribution in [2.45, 2.75) is 36.7 Å². The number of aliphatic hydroxyl groups excluding tert-OH is 1. The van der Waals surface area contributed by atoms with E-state index in [9.17, 15) is 18.6 Å². The molecule has 1 aliphatic carbocycles. The van der Waals surface area contributed by atoms with E-state index in [0.717, 1.165) is 15.6 Å². The first-order valence-electron chi connectivity index (χ1n) is 11.4. The van der Waals surface area contributed by atoms with Gasteiger partial charge >= 0.3 is 0 Å². The molecule has 1 saturated carbocycles. The summed E-state index contributed by atoms with van der Waals surface area (Å²) in [7, 11) is -3.75. The van der Waals surface area contributed by atoms with Gasteiger partial charge in [0.05, 0.1) is 28.6 Å². The number of pyridine rings is 2. The van der Waals surface area contributed by atoms with Crippen molar-refractivity contribution in [1.82, 2.24) is 14.7 Å². The van der Waals surface area contributed by atoms with Crippen molar-refractivity contribution < 1.29 is 23.0 Å². The van der Waals surface area contributed by atoms with Crippen molar-refractivity contribution in [3.8, 4) is 11.3 Å². The molecule has 3 aromatic heterocycles. The second kappa shape index (κ2) is 9.57. The van der Waals surface area contributed by atoms with Crippen molar-refractivity contribution in [2.75, 3.05) is 12.3 Å². The van der Waals surface area contributed by atoms with Crippen LogP contribution >= 0.6 is 22.9 Å². The molecular weight excluding hydrogens is 539 g/mol. The monoisotopic (exact) mass is 562 g/mol. The number of anilines is 1. The third-order valence-electron chi connectivity index (χ3n) is 6.38. The number of aromatic nitrogens is 2. The molecule has 5 N–H and O–H groups in total. The van der Waals surface area contributed by atoms with Gasteiger partial charge in [-0.3, -0.25) is 4.98 Å². The minimum Gasteiger partial charge on any atom is -0.393 e. The summed E-state index contributed by atoms with van der Waals surface area (Å²) < 4.78 is 44.5. The number of benzene rings is 1. The number of fused-ring (bicyclic) bond motifs is 1. The van der Waals surface area contributed by atoms with Crippen LogP contribution in [0.25, 0.3) is 21.3 Å². The number of thiophene rings is 1. The number of nitrogens with one attached hydrogen (secondary N) is 1. The standard InChI is InChI=1S/C25H24ClFN4O4S2/c1-25(33,12-32)14-7-8-29-18(10-14)16-4-2-3-13-9-19(36-23(13)16)22(31-37(34,35)15-5-6-15)20-17(26)11-30-24(28)21(20)27/h2-4,7-11,15,22,31-33H,5-6,12H2,1H3,(H2,28,30)/t22?,25-/m0/s1. The number of nitrogen functional groups attached to an aromatic ring is 1. The van der Waals surface area contributed by atoms with Gasteiger partial charge < -0.3 is 15.9 Å². The zero-order chi connectivity index (χ0) is 26.5. The predicted octanol–water partition coefficient (Wildman–Crippen LogP) is 4.10. The van der Waals surface area contributed by atoms with E-state index in [2.05, 4.69) is 14.7 Å². The Morgan fingerprint density at radius 1 is 1.30 bits per heavy atom. The van der Waals surface area contributed by atoms with Gasteiger partial charge in [0.1, 0.15) is 5.60 Å². The molecule has 0 spiro atoms. The van der Waals surface area contributed by atoms with E-state index in [4.69, 9.17) is 17.3 Å². The Kier molecular flexibility index (Phi) is 6.71. The van der Waals surface area contributed by atoms with Crippen LogP contribution in [-0.2, 0) is 15.6 Å². The largest absolute Gasteiger partial charge is 0.393 e. The minimum absolute atomic E-state index is 0.0477. The predicted molar refractivity (Wildman–Crippen MR) is 142 cm³/mol. The van der Waals surface area contributed by atoms with Gasteiger partial charge in [0, 0.05) is 33.1 Å². The SMILES string of the molecule is C[C@](O)(CO)c1ccnc(-c2cccc3cc(C(NS(=O)(=O)C4CC4)c4c(Cl)cnc(N)c4F)sc23)c1. The number of nitrogens with zero attached hydrogens (tertiary/aromatic N) is 2. The first-order valence-corrected chi connectivity index (χ1v) is 14.2. The lowest BCUT2D eigenvalue weighted by molar-refractivity contribution is -0.00230. The molecule has 3 heterocycles. The summed E-state index contributed by atoms with van der Waals surface area (Å²) in [4.78, 5) is 8.70. The molecule has 4 aromatic rings. The minimum atomic E-state index is -3.75. The molecule has 0 bridgehead atoms. The van der Waals surface area contributed by atoms with Gasteiger partial charge in [-0.2, -0.15) is 0 Å². The normalized spacial score (nSPS) is 16.6. The summed E-state index contributed by atoms with van der Waals surface area (Å²) >= 11 is 7.60. The van der Waals surface area contributed by atoms with E-state index in [1.54, 1.807) is 24.4 Å². The Morgan fingerprint density at radius 2 is 2.05 bits per heavy atom. The number of hydrogen-bond donors (Lipinski definition) is 4. The van der Waals surface area contributed by atoms with Gasteiger partial charge in [0.15, 0.2) is 11.6 Å². The lowest BCUT2D eigenvalue weighted by atomic mass is 9.96. The van der Waals surface area contributed by atoms with Crippen LogP contribution in [0.5, 0.6) is 0 Å². The molecule has 5 rings (SSSR count). The zero-order valence-corrected chi connectivity index (χ0v) is 22.0. The summed E-state index contributed by atoms with van der Waals surface area (Å²) in [5.74, 6) is -1.26. The lowest BCUT2D eigenvalue weighted by Gasteiger charge is -2.21. The van der Waals surface area contributed by atoms with Crippen molar-refractivity contribution >= 4 is 48.9 Å². The van der Waals surface area contributed by atoms with E-state index in [-0.39, 0.29) is 16.4 Å². The summed E-state index contributed by atoms with van der Waals surface area (Å²) in [5, 5.41) is 20.3. The summed E-state index contributed by atoms with van der Waals surface area (Å²) in [6.07, 6.45) is 3.82. The summed E-state index contributed by atoms with van der Waals surface area (Å²) in [6.45, 7) is 1.04.